The molecule has 1 fully saturated rings. The monoisotopic (exact) mass is 262 g/mol. The minimum atomic E-state index is -0.607. The molecule has 1 saturated heterocycles. The molecule has 0 radical (unpaired) electrons. The molecule has 0 unspecified atom stereocenters. The summed E-state index contributed by atoms with van der Waals surface area (Å²) in [7, 11) is 0. The molecular weight excluding hydrogens is 255 g/mol. The molecule has 1 aromatic rings. The van der Waals surface area contributed by atoms with Crippen LogP contribution in [0.3, 0.4) is 0 Å². The summed E-state index contributed by atoms with van der Waals surface area (Å²) in [6, 6.07) is 2.30. The molecule has 1 aromatic carbocycles. The van der Waals surface area contributed by atoms with Crippen molar-refractivity contribution in [3.8, 4) is 5.75 Å². The highest BCUT2D eigenvalue weighted by Crippen LogP contribution is 2.36. The zero-order valence-electron chi connectivity index (χ0n) is 7.17. The Bertz CT molecular complexity index is 327. The van der Waals surface area contributed by atoms with Crippen molar-refractivity contribution >= 4 is 15.9 Å². The SMILES string of the molecule is Oc1cc(F)cc(Br)c1C1OCCO1. The van der Waals surface area contributed by atoms with E-state index >= 15 is 0 Å². The van der Waals surface area contributed by atoms with Gasteiger partial charge in [0.1, 0.15) is 11.6 Å². The smallest absolute Gasteiger partial charge is 0.188 e. The molecule has 14 heavy (non-hydrogen) atoms. The van der Waals surface area contributed by atoms with E-state index in [0.29, 0.717) is 23.2 Å². The average molecular weight is 263 g/mol. The van der Waals surface area contributed by atoms with Gasteiger partial charge in [-0.15, -0.1) is 0 Å². The lowest BCUT2D eigenvalue weighted by molar-refractivity contribution is -0.0460. The van der Waals surface area contributed by atoms with E-state index in [4.69, 9.17) is 9.47 Å². The minimum Gasteiger partial charge on any atom is -0.507 e. The Morgan fingerprint density at radius 1 is 1.36 bits per heavy atom. The fourth-order valence-corrected chi connectivity index (χ4v) is 1.94. The van der Waals surface area contributed by atoms with Crippen molar-refractivity contribution in [1.82, 2.24) is 0 Å². The summed E-state index contributed by atoms with van der Waals surface area (Å²) in [4.78, 5) is 0. The van der Waals surface area contributed by atoms with Gasteiger partial charge in [-0.3, -0.25) is 0 Å². The van der Waals surface area contributed by atoms with Crippen molar-refractivity contribution in [2.45, 2.75) is 6.29 Å². The molecule has 2 rings (SSSR count). The third-order valence-electron chi connectivity index (χ3n) is 1.93. The molecule has 1 aliphatic rings. The van der Waals surface area contributed by atoms with Crippen LogP contribution in [0.15, 0.2) is 16.6 Å². The van der Waals surface area contributed by atoms with Crippen LogP contribution in [-0.2, 0) is 9.47 Å². The highest BCUT2D eigenvalue weighted by molar-refractivity contribution is 9.10. The quantitative estimate of drug-likeness (QED) is 0.845. The summed E-state index contributed by atoms with van der Waals surface area (Å²) in [5, 5.41) is 9.50. The van der Waals surface area contributed by atoms with Crippen molar-refractivity contribution in [2.24, 2.45) is 0 Å². The maximum atomic E-state index is 12.8. The second-order valence-electron chi connectivity index (χ2n) is 2.89. The van der Waals surface area contributed by atoms with E-state index in [1.54, 1.807) is 0 Å². The second-order valence-corrected chi connectivity index (χ2v) is 3.75. The van der Waals surface area contributed by atoms with Gasteiger partial charge in [0.15, 0.2) is 6.29 Å². The van der Waals surface area contributed by atoms with E-state index in [0.717, 1.165) is 6.07 Å². The van der Waals surface area contributed by atoms with Crippen molar-refractivity contribution in [1.29, 1.82) is 0 Å². The zero-order valence-corrected chi connectivity index (χ0v) is 8.75. The van der Waals surface area contributed by atoms with Gasteiger partial charge in [0, 0.05) is 10.5 Å². The van der Waals surface area contributed by atoms with Crippen molar-refractivity contribution in [2.75, 3.05) is 13.2 Å². The maximum absolute atomic E-state index is 12.8. The molecule has 0 bridgehead atoms. The average Bonchev–Trinajstić information content (AvgIpc) is 2.54. The van der Waals surface area contributed by atoms with Crippen LogP contribution in [0.25, 0.3) is 0 Å². The fourth-order valence-electron chi connectivity index (χ4n) is 1.33. The van der Waals surface area contributed by atoms with Gasteiger partial charge >= 0.3 is 0 Å². The largest absolute Gasteiger partial charge is 0.507 e. The lowest BCUT2D eigenvalue weighted by atomic mass is 10.2. The Kier molecular flexibility index (Phi) is 2.71. The number of rotatable bonds is 1. The molecule has 1 heterocycles. The van der Waals surface area contributed by atoms with Crippen LogP contribution in [0, 0.1) is 5.82 Å². The molecule has 1 N–H and O–H groups in total. The molecule has 5 heteroatoms. The number of halogens is 2. The van der Waals surface area contributed by atoms with Crippen molar-refractivity contribution in [3.63, 3.8) is 0 Å². The minimum absolute atomic E-state index is 0.163. The Morgan fingerprint density at radius 2 is 2.00 bits per heavy atom. The van der Waals surface area contributed by atoms with Gasteiger partial charge in [-0.05, 0) is 6.07 Å². The summed E-state index contributed by atoms with van der Waals surface area (Å²) in [6.07, 6.45) is -0.607. The molecule has 0 saturated carbocycles. The summed E-state index contributed by atoms with van der Waals surface area (Å²) in [5.74, 6) is -0.667. The molecule has 0 aliphatic carbocycles. The summed E-state index contributed by atoms with van der Waals surface area (Å²) in [6.45, 7) is 0.960. The van der Waals surface area contributed by atoms with Crippen LogP contribution in [0.4, 0.5) is 4.39 Å². The molecule has 0 spiro atoms. The second kappa shape index (κ2) is 3.84. The van der Waals surface area contributed by atoms with E-state index < -0.39 is 12.1 Å². The van der Waals surface area contributed by atoms with Gasteiger partial charge < -0.3 is 14.6 Å². The first-order valence-electron chi connectivity index (χ1n) is 4.09. The number of aromatic hydroxyl groups is 1. The van der Waals surface area contributed by atoms with E-state index in [1.165, 1.54) is 6.07 Å². The number of phenols is 1. The Labute approximate surface area is 88.6 Å². The molecule has 76 valence electrons. The third kappa shape index (κ3) is 1.75. The standard InChI is InChI=1S/C9H8BrFO3/c10-6-3-5(11)4-7(12)8(6)9-13-1-2-14-9/h3-4,9,12H,1-2H2. The van der Waals surface area contributed by atoms with Crippen LogP contribution in [0.5, 0.6) is 5.75 Å². The lowest BCUT2D eigenvalue weighted by Gasteiger charge is -2.13. The van der Waals surface area contributed by atoms with Gasteiger partial charge in [-0.2, -0.15) is 0 Å². The highest BCUT2D eigenvalue weighted by Gasteiger charge is 2.24. The van der Waals surface area contributed by atoms with Crippen LogP contribution >= 0.6 is 15.9 Å². The first kappa shape index (κ1) is 9.89. The number of ether oxygens (including phenoxy) is 2. The predicted octanol–water partition coefficient (Wildman–Crippen LogP) is 2.34. The van der Waals surface area contributed by atoms with Crippen LogP contribution < -0.4 is 0 Å². The molecule has 3 nitrogen and oxygen atoms in total. The van der Waals surface area contributed by atoms with Gasteiger partial charge in [-0.1, -0.05) is 15.9 Å². The maximum Gasteiger partial charge on any atom is 0.188 e. The van der Waals surface area contributed by atoms with Crippen LogP contribution in [0.2, 0.25) is 0 Å². The van der Waals surface area contributed by atoms with Gasteiger partial charge in [0.05, 0.1) is 18.8 Å². The highest BCUT2D eigenvalue weighted by atomic mass is 79.9. The van der Waals surface area contributed by atoms with Crippen molar-refractivity contribution in [3.05, 3.63) is 28.0 Å². The van der Waals surface area contributed by atoms with Gasteiger partial charge in [0.25, 0.3) is 0 Å². The molecule has 0 atom stereocenters. The number of hydrogen-bond acceptors (Lipinski definition) is 3. The van der Waals surface area contributed by atoms with Crippen LogP contribution in [0.1, 0.15) is 11.9 Å². The van der Waals surface area contributed by atoms with E-state index in [2.05, 4.69) is 15.9 Å². The van der Waals surface area contributed by atoms with Gasteiger partial charge in [-0.25, -0.2) is 4.39 Å². The topological polar surface area (TPSA) is 38.7 Å². The first-order valence-corrected chi connectivity index (χ1v) is 4.89. The predicted molar refractivity (Wildman–Crippen MR) is 50.4 cm³/mol. The van der Waals surface area contributed by atoms with Crippen molar-refractivity contribution < 1.29 is 19.0 Å². The Morgan fingerprint density at radius 3 is 2.57 bits per heavy atom. The molecule has 0 amide bonds. The van der Waals surface area contributed by atoms with E-state index in [9.17, 15) is 9.50 Å². The lowest BCUT2D eigenvalue weighted by Crippen LogP contribution is -2.00. The summed E-state index contributed by atoms with van der Waals surface area (Å²) in [5.41, 5.74) is 0.434. The van der Waals surface area contributed by atoms with E-state index in [-0.39, 0.29) is 5.75 Å². The molecule has 1 aliphatic heterocycles. The zero-order chi connectivity index (χ0) is 10.1. The Balaban J connectivity index is 2.40. The Hall–Kier alpha value is -0.650. The first-order chi connectivity index (χ1) is 6.68. The number of phenolic OH excluding ortho intramolecular Hbond substituents is 1. The number of benzene rings is 1. The van der Waals surface area contributed by atoms with Crippen LogP contribution in [-0.4, -0.2) is 18.3 Å². The fraction of sp³-hybridized carbons (Fsp3) is 0.333. The number of hydrogen-bond donors (Lipinski definition) is 1. The molecular formula is C9H8BrFO3. The summed E-state index contributed by atoms with van der Waals surface area (Å²) < 4.78 is 23.7. The van der Waals surface area contributed by atoms with E-state index in [1.807, 2.05) is 0 Å². The normalized spacial score (nSPS) is 17.6. The summed E-state index contributed by atoms with van der Waals surface area (Å²) >= 11 is 3.15. The van der Waals surface area contributed by atoms with Gasteiger partial charge in [0.2, 0.25) is 0 Å². The third-order valence-corrected chi connectivity index (χ3v) is 2.59. The molecule has 0 aromatic heterocycles.